The Morgan fingerprint density at radius 1 is 1.35 bits per heavy atom. The molecule has 2 N–H and O–H groups in total. The molecule has 6 nitrogen and oxygen atoms in total. The highest BCUT2D eigenvalue weighted by Crippen LogP contribution is 2.32. The van der Waals surface area contributed by atoms with Gasteiger partial charge in [0.25, 0.3) is 5.91 Å². The van der Waals surface area contributed by atoms with Gasteiger partial charge < -0.3 is 20.1 Å². The summed E-state index contributed by atoms with van der Waals surface area (Å²) in [6, 6.07) is 1.56. The first-order valence-corrected chi connectivity index (χ1v) is 6.96. The summed E-state index contributed by atoms with van der Waals surface area (Å²) in [5.74, 6) is -0.642. The van der Waals surface area contributed by atoms with Gasteiger partial charge in [-0.05, 0) is 6.07 Å². The van der Waals surface area contributed by atoms with Crippen molar-refractivity contribution in [2.24, 2.45) is 0 Å². The predicted molar refractivity (Wildman–Crippen MR) is 73.4 cm³/mol. The SMILES string of the molecule is Nc1cnc(Cl)c(C(=O)N2CCC3(CC2)OCCO3)c1. The lowest BCUT2D eigenvalue weighted by Crippen LogP contribution is -2.47. The quantitative estimate of drug-likeness (QED) is 0.791. The lowest BCUT2D eigenvalue weighted by atomic mass is 10.0. The van der Waals surface area contributed by atoms with E-state index in [4.69, 9.17) is 26.8 Å². The van der Waals surface area contributed by atoms with Gasteiger partial charge in [0.15, 0.2) is 5.79 Å². The summed E-state index contributed by atoms with van der Waals surface area (Å²) < 4.78 is 11.3. The maximum atomic E-state index is 12.4. The summed E-state index contributed by atoms with van der Waals surface area (Å²) in [6.07, 6.45) is 2.78. The zero-order valence-corrected chi connectivity index (χ0v) is 11.7. The number of nitrogen functional groups attached to an aromatic ring is 1. The molecule has 2 fully saturated rings. The van der Waals surface area contributed by atoms with Crippen LogP contribution in [0.1, 0.15) is 23.2 Å². The van der Waals surface area contributed by atoms with E-state index in [1.807, 2.05) is 0 Å². The van der Waals surface area contributed by atoms with Crippen molar-refractivity contribution in [3.05, 3.63) is 23.0 Å². The highest BCUT2D eigenvalue weighted by atomic mass is 35.5. The number of amides is 1. The molecule has 0 saturated carbocycles. The molecule has 0 unspecified atom stereocenters. The fourth-order valence-corrected chi connectivity index (χ4v) is 2.80. The molecule has 1 amide bonds. The second kappa shape index (κ2) is 5.20. The van der Waals surface area contributed by atoms with Gasteiger partial charge in [0.1, 0.15) is 5.15 Å². The first kappa shape index (κ1) is 13.6. The number of piperidine rings is 1. The molecule has 0 atom stereocenters. The van der Waals surface area contributed by atoms with E-state index in [1.54, 1.807) is 11.0 Å². The Bertz CT molecular complexity index is 522. The van der Waals surface area contributed by atoms with Crippen LogP contribution >= 0.6 is 11.6 Å². The molecule has 1 aromatic heterocycles. The van der Waals surface area contributed by atoms with Crippen LogP contribution in [0.3, 0.4) is 0 Å². The van der Waals surface area contributed by atoms with Crippen molar-refractivity contribution in [3.8, 4) is 0 Å². The minimum Gasteiger partial charge on any atom is -0.397 e. The Morgan fingerprint density at radius 3 is 2.65 bits per heavy atom. The van der Waals surface area contributed by atoms with Gasteiger partial charge in [-0.25, -0.2) is 4.98 Å². The van der Waals surface area contributed by atoms with Crippen molar-refractivity contribution in [2.45, 2.75) is 18.6 Å². The standard InChI is InChI=1S/C13H16ClN3O3/c14-11-10(7-9(15)8-16-11)12(18)17-3-1-13(2-4-17)19-5-6-20-13/h7-8H,1-6,15H2. The summed E-state index contributed by atoms with van der Waals surface area (Å²) >= 11 is 5.97. The van der Waals surface area contributed by atoms with Crippen LogP contribution in [0.25, 0.3) is 0 Å². The highest BCUT2D eigenvalue weighted by molar-refractivity contribution is 6.32. The van der Waals surface area contributed by atoms with Gasteiger partial charge >= 0.3 is 0 Å². The Kier molecular flexibility index (Phi) is 3.54. The number of nitrogens with zero attached hydrogens (tertiary/aromatic N) is 2. The number of ether oxygens (including phenoxy) is 2. The Hall–Kier alpha value is -1.37. The van der Waals surface area contributed by atoms with Crippen LogP contribution in [0.2, 0.25) is 5.15 Å². The number of carbonyl (C=O) groups is 1. The second-order valence-corrected chi connectivity index (χ2v) is 5.36. The normalized spacial score (nSPS) is 21.4. The van der Waals surface area contributed by atoms with Crippen LogP contribution in [0.4, 0.5) is 5.69 Å². The minimum atomic E-state index is -0.492. The first-order valence-electron chi connectivity index (χ1n) is 6.58. The van der Waals surface area contributed by atoms with Crippen LogP contribution in [-0.2, 0) is 9.47 Å². The summed E-state index contributed by atoms with van der Waals surface area (Å²) in [7, 11) is 0. The van der Waals surface area contributed by atoms with E-state index in [2.05, 4.69) is 4.98 Å². The predicted octanol–water partition coefficient (Wildman–Crippen LogP) is 1.30. The average molecular weight is 298 g/mol. The number of aromatic nitrogens is 1. The molecule has 3 rings (SSSR count). The van der Waals surface area contributed by atoms with E-state index < -0.39 is 5.79 Å². The second-order valence-electron chi connectivity index (χ2n) is 5.01. The largest absolute Gasteiger partial charge is 0.397 e. The molecule has 0 bridgehead atoms. The van der Waals surface area contributed by atoms with E-state index in [0.717, 1.165) is 0 Å². The number of halogens is 1. The molecule has 20 heavy (non-hydrogen) atoms. The molecule has 2 aliphatic heterocycles. The van der Waals surface area contributed by atoms with Crippen LogP contribution in [0.5, 0.6) is 0 Å². The zero-order chi connectivity index (χ0) is 14.2. The lowest BCUT2D eigenvalue weighted by molar-refractivity contribution is -0.181. The third-order valence-corrected chi connectivity index (χ3v) is 4.02. The molecule has 7 heteroatoms. The van der Waals surface area contributed by atoms with Gasteiger partial charge in [0, 0.05) is 25.9 Å². The van der Waals surface area contributed by atoms with E-state index in [0.29, 0.717) is 50.4 Å². The highest BCUT2D eigenvalue weighted by Gasteiger charge is 2.41. The number of likely N-dealkylation sites (tertiary alicyclic amines) is 1. The molecular weight excluding hydrogens is 282 g/mol. The van der Waals surface area contributed by atoms with Crippen LogP contribution in [-0.4, -0.2) is 47.9 Å². The smallest absolute Gasteiger partial charge is 0.257 e. The maximum absolute atomic E-state index is 12.4. The summed E-state index contributed by atoms with van der Waals surface area (Å²) in [5, 5.41) is 0.179. The topological polar surface area (TPSA) is 77.7 Å². The minimum absolute atomic E-state index is 0.150. The van der Waals surface area contributed by atoms with Gasteiger partial charge in [-0.1, -0.05) is 11.6 Å². The molecular formula is C13H16ClN3O3. The van der Waals surface area contributed by atoms with Crippen molar-refractivity contribution in [1.82, 2.24) is 9.88 Å². The van der Waals surface area contributed by atoms with Crippen molar-refractivity contribution < 1.29 is 14.3 Å². The van der Waals surface area contributed by atoms with Crippen molar-refractivity contribution in [1.29, 1.82) is 0 Å². The van der Waals surface area contributed by atoms with Crippen molar-refractivity contribution in [3.63, 3.8) is 0 Å². The van der Waals surface area contributed by atoms with Crippen LogP contribution in [0.15, 0.2) is 12.3 Å². The molecule has 1 aromatic rings. The third-order valence-electron chi connectivity index (χ3n) is 3.72. The van der Waals surface area contributed by atoms with E-state index in [1.165, 1.54) is 6.20 Å². The molecule has 3 heterocycles. The number of hydrogen-bond donors (Lipinski definition) is 1. The van der Waals surface area contributed by atoms with Crippen LogP contribution in [0, 0.1) is 0 Å². The Morgan fingerprint density at radius 2 is 2.00 bits per heavy atom. The zero-order valence-electron chi connectivity index (χ0n) is 11.0. The first-order chi connectivity index (χ1) is 9.60. The number of anilines is 1. The third kappa shape index (κ3) is 2.46. The maximum Gasteiger partial charge on any atom is 0.257 e. The van der Waals surface area contributed by atoms with Gasteiger partial charge in [0.2, 0.25) is 0 Å². The van der Waals surface area contributed by atoms with Gasteiger partial charge in [-0.2, -0.15) is 0 Å². The van der Waals surface area contributed by atoms with Gasteiger partial charge in [-0.3, -0.25) is 4.79 Å². The van der Waals surface area contributed by atoms with Crippen LogP contribution < -0.4 is 5.73 Å². The summed E-state index contributed by atoms with van der Waals surface area (Å²) in [5.41, 5.74) is 6.43. The lowest BCUT2D eigenvalue weighted by Gasteiger charge is -2.37. The summed E-state index contributed by atoms with van der Waals surface area (Å²) in [4.78, 5) is 18.1. The van der Waals surface area contributed by atoms with Gasteiger partial charge in [-0.15, -0.1) is 0 Å². The number of rotatable bonds is 1. The number of pyridine rings is 1. The molecule has 0 aliphatic carbocycles. The van der Waals surface area contributed by atoms with Gasteiger partial charge in [0.05, 0.1) is 30.7 Å². The Labute approximate surface area is 121 Å². The molecule has 108 valence electrons. The fourth-order valence-electron chi connectivity index (χ4n) is 2.62. The molecule has 2 aliphatic rings. The van der Waals surface area contributed by atoms with E-state index in [9.17, 15) is 4.79 Å². The molecule has 1 spiro atoms. The number of hydrogen-bond acceptors (Lipinski definition) is 5. The number of nitrogens with two attached hydrogens (primary N) is 1. The van der Waals surface area contributed by atoms with E-state index in [-0.39, 0.29) is 11.1 Å². The van der Waals surface area contributed by atoms with E-state index >= 15 is 0 Å². The van der Waals surface area contributed by atoms with Crippen molar-refractivity contribution >= 4 is 23.2 Å². The monoisotopic (exact) mass is 297 g/mol. The van der Waals surface area contributed by atoms with Crippen molar-refractivity contribution in [2.75, 3.05) is 32.0 Å². The Balaban J connectivity index is 1.71. The average Bonchev–Trinajstić information content (AvgIpc) is 2.90. The molecule has 0 aromatic carbocycles. The molecule has 0 radical (unpaired) electrons. The fraction of sp³-hybridized carbons (Fsp3) is 0.538. The molecule has 2 saturated heterocycles. The number of carbonyl (C=O) groups excluding carboxylic acids is 1. The summed E-state index contributed by atoms with van der Waals surface area (Å²) in [6.45, 7) is 2.39.